The lowest BCUT2D eigenvalue weighted by molar-refractivity contribution is -0.144. The Morgan fingerprint density at radius 1 is 1.12 bits per heavy atom. The second-order valence-corrected chi connectivity index (χ2v) is 6.02. The molecule has 2 aromatic carbocycles. The molecule has 126 valence electrons. The molecule has 4 heteroatoms. The Hall–Kier alpha value is -2.62. The number of esters is 1. The van der Waals surface area contributed by atoms with Gasteiger partial charge in [-0.3, -0.25) is 4.79 Å². The Morgan fingerprint density at radius 3 is 2.50 bits per heavy atom. The van der Waals surface area contributed by atoms with Crippen molar-refractivity contribution >= 4 is 22.6 Å². The zero-order valence-electron chi connectivity index (χ0n) is 14.3. The SMILES string of the molecule is COC(=O)[C@@H](CC=C(C)C)NC(=O)Cc1ccc2ccccc2c1. The van der Waals surface area contributed by atoms with E-state index in [1.54, 1.807) is 0 Å². The number of carbonyl (C=O) groups excluding carboxylic acids is 2. The van der Waals surface area contributed by atoms with Gasteiger partial charge in [0.15, 0.2) is 0 Å². The number of fused-ring (bicyclic) bond motifs is 1. The fourth-order valence-electron chi connectivity index (χ4n) is 2.49. The molecule has 0 heterocycles. The highest BCUT2D eigenvalue weighted by Gasteiger charge is 2.20. The lowest BCUT2D eigenvalue weighted by Crippen LogP contribution is -2.41. The van der Waals surface area contributed by atoms with Crippen LogP contribution in [-0.2, 0) is 20.7 Å². The summed E-state index contributed by atoms with van der Waals surface area (Å²) in [6.45, 7) is 3.90. The van der Waals surface area contributed by atoms with Gasteiger partial charge in [0.05, 0.1) is 13.5 Å². The molecule has 0 aromatic heterocycles. The number of rotatable bonds is 6. The Morgan fingerprint density at radius 2 is 1.83 bits per heavy atom. The first-order valence-corrected chi connectivity index (χ1v) is 7.98. The van der Waals surface area contributed by atoms with Gasteiger partial charge in [-0.1, -0.05) is 54.1 Å². The molecule has 1 atom stereocenters. The Labute approximate surface area is 142 Å². The molecular weight excluding hydrogens is 302 g/mol. The zero-order chi connectivity index (χ0) is 17.5. The molecule has 24 heavy (non-hydrogen) atoms. The van der Waals surface area contributed by atoms with Crippen molar-refractivity contribution in [1.29, 1.82) is 0 Å². The lowest BCUT2D eigenvalue weighted by atomic mass is 10.0. The van der Waals surface area contributed by atoms with Gasteiger partial charge in [0.25, 0.3) is 0 Å². The van der Waals surface area contributed by atoms with E-state index in [2.05, 4.69) is 5.32 Å². The highest BCUT2D eigenvalue weighted by Crippen LogP contribution is 2.16. The van der Waals surface area contributed by atoms with Gasteiger partial charge in [0.1, 0.15) is 6.04 Å². The van der Waals surface area contributed by atoms with Crippen LogP contribution in [0.5, 0.6) is 0 Å². The van der Waals surface area contributed by atoms with Gasteiger partial charge in [-0.2, -0.15) is 0 Å². The van der Waals surface area contributed by atoms with Gasteiger partial charge in [-0.15, -0.1) is 0 Å². The number of methoxy groups -OCH3 is 1. The molecule has 0 aliphatic rings. The second-order valence-electron chi connectivity index (χ2n) is 6.02. The Kier molecular flexibility index (Phi) is 6.13. The molecule has 0 spiro atoms. The summed E-state index contributed by atoms with van der Waals surface area (Å²) in [5.74, 6) is -0.623. The number of carbonyl (C=O) groups is 2. The number of hydrogen-bond acceptors (Lipinski definition) is 3. The summed E-state index contributed by atoms with van der Waals surface area (Å²) < 4.78 is 4.77. The van der Waals surface area contributed by atoms with Gasteiger partial charge in [0.2, 0.25) is 5.91 Å². The summed E-state index contributed by atoms with van der Waals surface area (Å²) >= 11 is 0. The van der Waals surface area contributed by atoms with Crippen LogP contribution in [0.2, 0.25) is 0 Å². The van der Waals surface area contributed by atoms with E-state index < -0.39 is 12.0 Å². The van der Waals surface area contributed by atoms with Gasteiger partial charge in [-0.25, -0.2) is 4.79 Å². The minimum Gasteiger partial charge on any atom is -0.467 e. The smallest absolute Gasteiger partial charge is 0.328 e. The molecule has 4 nitrogen and oxygen atoms in total. The van der Waals surface area contributed by atoms with Crippen molar-refractivity contribution in [3.63, 3.8) is 0 Å². The number of amides is 1. The maximum Gasteiger partial charge on any atom is 0.328 e. The Bertz CT molecular complexity index is 760. The molecule has 2 rings (SSSR count). The van der Waals surface area contributed by atoms with Crippen LogP contribution in [0.15, 0.2) is 54.1 Å². The molecule has 0 fully saturated rings. The third kappa shape index (κ3) is 4.95. The summed E-state index contributed by atoms with van der Waals surface area (Å²) in [6, 6.07) is 13.3. The largest absolute Gasteiger partial charge is 0.467 e. The topological polar surface area (TPSA) is 55.4 Å². The summed E-state index contributed by atoms with van der Waals surface area (Å²) in [7, 11) is 1.33. The molecule has 0 aliphatic heterocycles. The maximum atomic E-state index is 12.3. The average molecular weight is 325 g/mol. The van der Waals surface area contributed by atoms with E-state index in [0.29, 0.717) is 6.42 Å². The van der Waals surface area contributed by atoms with E-state index in [0.717, 1.165) is 21.9 Å². The van der Waals surface area contributed by atoms with Gasteiger partial charge in [0, 0.05) is 0 Å². The quantitative estimate of drug-likeness (QED) is 0.654. The van der Waals surface area contributed by atoms with E-state index in [1.807, 2.05) is 62.4 Å². The van der Waals surface area contributed by atoms with Crippen LogP contribution in [0.3, 0.4) is 0 Å². The molecule has 1 N–H and O–H groups in total. The predicted molar refractivity (Wildman–Crippen MR) is 95.6 cm³/mol. The van der Waals surface area contributed by atoms with E-state index >= 15 is 0 Å². The fraction of sp³-hybridized carbons (Fsp3) is 0.300. The van der Waals surface area contributed by atoms with E-state index in [9.17, 15) is 9.59 Å². The van der Waals surface area contributed by atoms with Crippen molar-refractivity contribution in [3.05, 3.63) is 59.7 Å². The normalized spacial score (nSPS) is 11.6. The van der Waals surface area contributed by atoms with Gasteiger partial charge >= 0.3 is 5.97 Å². The van der Waals surface area contributed by atoms with Crippen LogP contribution < -0.4 is 5.32 Å². The number of allylic oxidation sites excluding steroid dienone is 1. The van der Waals surface area contributed by atoms with Crippen molar-refractivity contribution in [3.8, 4) is 0 Å². The number of hydrogen-bond donors (Lipinski definition) is 1. The first kappa shape index (κ1) is 17.7. The molecule has 2 aromatic rings. The highest BCUT2D eigenvalue weighted by atomic mass is 16.5. The maximum absolute atomic E-state index is 12.3. The van der Waals surface area contributed by atoms with Crippen molar-refractivity contribution in [2.24, 2.45) is 0 Å². The van der Waals surface area contributed by atoms with Crippen LogP contribution in [0.25, 0.3) is 10.8 Å². The molecular formula is C20H23NO3. The third-order valence-corrected chi connectivity index (χ3v) is 3.76. The van der Waals surface area contributed by atoms with E-state index in [-0.39, 0.29) is 12.3 Å². The first-order valence-electron chi connectivity index (χ1n) is 7.98. The summed E-state index contributed by atoms with van der Waals surface area (Å²) in [6.07, 6.45) is 2.57. The van der Waals surface area contributed by atoms with Crippen LogP contribution in [-0.4, -0.2) is 25.0 Å². The molecule has 0 aliphatic carbocycles. The highest BCUT2D eigenvalue weighted by molar-refractivity contribution is 5.88. The number of benzene rings is 2. The first-order chi connectivity index (χ1) is 11.5. The Balaban J connectivity index is 2.05. The van der Waals surface area contributed by atoms with Crippen molar-refractivity contribution in [1.82, 2.24) is 5.32 Å². The lowest BCUT2D eigenvalue weighted by Gasteiger charge is -2.15. The number of nitrogens with one attached hydrogen (secondary N) is 1. The van der Waals surface area contributed by atoms with Crippen LogP contribution in [0.1, 0.15) is 25.8 Å². The minimum absolute atomic E-state index is 0.192. The predicted octanol–water partition coefficient (Wildman–Crippen LogP) is 3.40. The molecule has 0 unspecified atom stereocenters. The summed E-state index contributed by atoms with van der Waals surface area (Å²) in [4.78, 5) is 24.1. The third-order valence-electron chi connectivity index (χ3n) is 3.76. The molecule has 0 bridgehead atoms. The minimum atomic E-state index is -0.655. The van der Waals surface area contributed by atoms with E-state index in [1.165, 1.54) is 7.11 Å². The second kappa shape index (κ2) is 8.29. The number of ether oxygens (including phenoxy) is 1. The summed E-state index contributed by atoms with van der Waals surface area (Å²) in [5, 5.41) is 4.99. The van der Waals surface area contributed by atoms with Crippen molar-refractivity contribution in [2.45, 2.75) is 32.7 Å². The van der Waals surface area contributed by atoms with Crippen LogP contribution in [0, 0.1) is 0 Å². The van der Waals surface area contributed by atoms with Gasteiger partial charge < -0.3 is 10.1 Å². The van der Waals surface area contributed by atoms with Crippen molar-refractivity contribution < 1.29 is 14.3 Å². The molecule has 0 saturated carbocycles. The van der Waals surface area contributed by atoms with Gasteiger partial charge in [-0.05, 0) is 36.6 Å². The average Bonchev–Trinajstić information content (AvgIpc) is 2.57. The zero-order valence-corrected chi connectivity index (χ0v) is 14.3. The fourth-order valence-corrected chi connectivity index (χ4v) is 2.49. The summed E-state index contributed by atoms with van der Waals surface area (Å²) in [5.41, 5.74) is 2.00. The standard InChI is InChI=1S/C20H23NO3/c1-14(2)8-11-18(20(23)24-3)21-19(22)13-15-9-10-16-6-4-5-7-17(16)12-15/h4-10,12,18H,11,13H2,1-3H3,(H,21,22)/t18-/m1/s1. The molecule has 0 radical (unpaired) electrons. The van der Waals surface area contributed by atoms with E-state index in [4.69, 9.17) is 4.74 Å². The molecule has 1 amide bonds. The van der Waals surface area contributed by atoms with Crippen molar-refractivity contribution in [2.75, 3.05) is 7.11 Å². The van der Waals surface area contributed by atoms with Crippen LogP contribution >= 0.6 is 0 Å². The van der Waals surface area contributed by atoms with Crippen LogP contribution in [0.4, 0.5) is 0 Å². The molecule has 0 saturated heterocycles. The monoisotopic (exact) mass is 325 g/mol.